The van der Waals surface area contributed by atoms with Gasteiger partial charge in [0.25, 0.3) is 0 Å². The zero-order valence-corrected chi connectivity index (χ0v) is 17.8. The average molecular weight is 401 g/mol. The molecular formula is C21H33ClO5. The third-order valence-corrected chi connectivity index (χ3v) is 3.10. The van der Waals surface area contributed by atoms with E-state index in [1.54, 1.807) is 6.92 Å². The number of esters is 1. The van der Waals surface area contributed by atoms with Crippen LogP contribution >= 0.6 is 11.6 Å². The van der Waals surface area contributed by atoms with Gasteiger partial charge in [-0.15, -0.1) is 24.8 Å². The number of alkyl halides is 1. The van der Waals surface area contributed by atoms with Crippen molar-refractivity contribution in [3.05, 3.63) is 48.6 Å². The van der Waals surface area contributed by atoms with Gasteiger partial charge in [0.15, 0.2) is 0 Å². The van der Waals surface area contributed by atoms with Crippen molar-refractivity contribution < 1.29 is 24.5 Å². The fourth-order valence-corrected chi connectivity index (χ4v) is 1.70. The van der Waals surface area contributed by atoms with E-state index < -0.39 is 5.97 Å². The van der Waals surface area contributed by atoms with E-state index in [0.717, 1.165) is 18.8 Å². The number of phenols is 2. The number of phenolic OH excluding ortho intramolecular Hbond substituents is 2. The van der Waals surface area contributed by atoms with Gasteiger partial charge in [-0.1, -0.05) is 26.8 Å². The lowest BCUT2D eigenvalue weighted by Gasteiger charge is -2.14. The van der Waals surface area contributed by atoms with E-state index in [9.17, 15) is 19.8 Å². The Kier molecular flexibility index (Phi) is 21.9. The molecule has 1 unspecified atom stereocenters. The summed E-state index contributed by atoms with van der Waals surface area (Å²) in [6, 6.07) is 2.61. The zero-order chi connectivity index (χ0) is 21.8. The van der Waals surface area contributed by atoms with E-state index in [1.165, 1.54) is 18.5 Å². The number of aldehydes is 1. The number of aryl methyl sites for hydroxylation is 1. The molecule has 154 valence electrons. The van der Waals surface area contributed by atoms with Gasteiger partial charge in [0.2, 0.25) is 0 Å². The minimum atomic E-state index is -0.547. The molecule has 0 radical (unpaired) electrons. The third kappa shape index (κ3) is 13.6. The Labute approximate surface area is 168 Å². The van der Waals surface area contributed by atoms with Gasteiger partial charge in [-0.3, -0.25) is 4.79 Å². The first kappa shape index (κ1) is 29.5. The quantitative estimate of drug-likeness (QED) is 0.219. The number of ether oxygens (including phenoxy) is 1. The van der Waals surface area contributed by atoms with Crippen molar-refractivity contribution in [1.29, 1.82) is 0 Å². The fourth-order valence-electron chi connectivity index (χ4n) is 1.70. The Hall–Kier alpha value is -2.27. The Morgan fingerprint density at radius 1 is 1.22 bits per heavy atom. The van der Waals surface area contributed by atoms with Gasteiger partial charge in [0.05, 0.1) is 6.10 Å². The first-order chi connectivity index (χ1) is 12.9. The summed E-state index contributed by atoms with van der Waals surface area (Å²) in [5.41, 5.74) is 0.724. The lowest BCUT2D eigenvalue weighted by molar-refractivity contribution is -0.104. The molecule has 0 amide bonds. The molecule has 1 aromatic carbocycles. The number of aromatic hydroxyl groups is 2. The Balaban J connectivity index is -0.000000484. The van der Waals surface area contributed by atoms with E-state index in [-0.39, 0.29) is 23.2 Å². The van der Waals surface area contributed by atoms with Crippen LogP contribution in [0, 0.1) is 0 Å². The lowest BCUT2D eigenvalue weighted by Crippen LogP contribution is -2.15. The summed E-state index contributed by atoms with van der Waals surface area (Å²) >= 11 is 4.64. The van der Waals surface area contributed by atoms with Crippen LogP contribution in [0.1, 0.15) is 56.5 Å². The zero-order valence-electron chi connectivity index (χ0n) is 17.0. The van der Waals surface area contributed by atoms with E-state index in [1.807, 2.05) is 26.8 Å². The highest BCUT2D eigenvalue weighted by molar-refractivity contribution is 6.15. The second kappa shape index (κ2) is 20.0. The van der Waals surface area contributed by atoms with Crippen LogP contribution in [0.3, 0.4) is 0 Å². The molecule has 0 saturated carbocycles. The molecule has 0 aliphatic heterocycles. The first-order valence-electron chi connectivity index (χ1n) is 8.64. The van der Waals surface area contributed by atoms with Crippen LogP contribution in [0.2, 0.25) is 0 Å². The van der Waals surface area contributed by atoms with Gasteiger partial charge in [0.1, 0.15) is 23.3 Å². The van der Waals surface area contributed by atoms with Gasteiger partial charge in [-0.2, -0.15) is 0 Å². The topological polar surface area (TPSA) is 83.8 Å². The third-order valence-electron chi connectivity index (χ3n) is 3.10. The summed E-state index contributed by atoms with van der Waals surface area (Å²) in [7, 11) is 0. The number of rotatable bonds is 6. The van der Waals surface area contributed by atoms with Crippen molar-refractivity contribution in [2.24, 2.45) is 0 Å². The highest BCUT2D eigenvalue weighted by Gasteiger charge is 2.19. The predicted octanol–water partition coefficient (Wildman–Crippen LogP) is 5.42. The summed E-state index contributed by atoms with van der Waals surface area (Å²) in [5.74, 6) is -0.844. The van der Waals surface area contributed by atoms with Gasteiger partial charge in [-0.25, -0.2) is 4.79 Å². The minimum Gasteiger partial charge on any atom is -0.508 e. The standard InChI is InChI=1S/C13H18O4.C5H8O.C2H4.CH3Cl/c1-4-8(3)17-13(16)12-9(5-2)6-10(14)7-11(12)15;1-2-3-4-5-6;2*1-2/h6-8,14-15H,4-5H2,1-3H3;3-5H,2H2,1H3;1-2H2;1H3/b;4-3+;;. The molecule has 0 spiro atoms. The normalized spacial score (nSPS) is 10.1. The molecule has 5 nitrogen and oxygen atoms in total. The van der Waals surface area contributed by atoms with E-state index in [4.69, 9.17) is 4.74 Å². The maximum atomic E-state index is 11.9. The van der Waals surface area contributed by atoms with Crippen LogP contribution in [-0.2, 0) is 16.0 Å². The van der Waals surface area contributed by atoms with Crippen molar-refractivity contribution in [3.8, 4) is 11.5 Å². The van der Waals surface area contributed by atoms with Gasteiger partial charge in [0, 0.05) is 12.4 Å². The Morgan fingerprint density at radius 3 is 2.15 bits per heavy atom. The molecule has 0 aliphatic rings. The SMILES string of the molecule is C=C.CC/C=C/C=O.CCc1cc(O)cc(O)c1C(=O)OC(C)CC.CCl. The molecule has 0 heterocycles. The maximum absolute atomic E-state index is 11.9. The summed E-state index contributed by atoms with van der Waals surface area (Å²) in [6.07, 6.45) is 7.56. The summed E-state index contributed by atoms with van der Waals surface area (Å²) in [6.45, 7) is 13.5. The van der Waals surface area contributed by atoms with Crippen LogP contribution in [0.4, 0.5) is 0 Å². The largest absolute Gasteiger partial charge is 0.508 e. The number of benzene rings is 1. The number of hydrogen-bond acceptors (Lipinski definition) is 5. The van der Waals surface area contributed by atoms with Crippen LogP contribution in [0.15, 0.2) is 37.4 Å². The maximum Gasteiger partial charge on any atom is 0.342 e. The number of hydrogen-bond donors (Lipinski definition) is 2. The van der Waals surface area contributed by atoms with Crippen molar-refractivity contribution in [2.45, 2.75) is 53.1 Å². The highest BCUT2D eigenvalue weighted by Crippen LogP contribution is 2.28. The van der Waals surface area contributed by atoms with Crippen molar-refractivity contribution in [1.82, 2.24) is 0 Å². The molecule has 27 heavy (non-hydrogen) atoms. The Bertz CT molecular complexity index is 556. The number of carbonyl (C=O) groups excluding carboxylic acids is 2. The van der Waals surface area contributed by atoms with Crippen molar-refractivity contribution in [3.63, 3.8) is 0 Å². The van der Waals surface area contributed by atoms with Crippen molar-refractivity contribution in [2.75, 3.05) is 6.38 Å². The molecule has 1 atom stereocenters. The second-order valence-corrected chi connectivity index (χ2v) is 4.95. The molecule has 2 N–H and O–H groups in total. The lowest BCUT2D eigenvalue weighted by atomic mass is 10.0. The molecule has 1 aromatic rings. The van der Waals surface area contributed by atoms with Gasteiger partial charge < -0.3 is 14.9 Å². The van der Waals surface area contributed by atoms with Crippen molar-refractivity contribution >= 4 is 23.9 Å². The monoisotopic (exact) mass is 400 g/mol. The smallest absolute Gasteiger partial charge is 0.342 e. The fraction of sp³-hybridized carbons (Fsp3) is 0.429. The van der Waals surface area contributed by atoms with E-state index in [2.05, 4.69) is 24.8 Å². The van der Waals surface area contributed by atoms with E-state index in [0.29, 0.717) is 18.4 Å². The predicted molar refractivity (Wildman–Crippen MR) is 113 cm³/mol. The minimum absolute atomic E-state index is 0.0561. The summed E-state index contributed by atoms with van der Waals surface area (Å²) < 4.78 is 5.17. The molecule has 0 bridgehead atoms. The molecule has 0 aliphatic carbocycles. The number of halogens is 1. The van der Waals surface area contributed by atoms with Gasteiger partial charge >= 0.3 is 5.97 Å². The molecule has 1 rings (SSSR count). The highest BCUT2D eigenvalue weighted by atomic mass is 35.5. The Morgan fingerprint density at radius 2 is 1.78 bits per heavy atom. The van der Waals surface area contributed by atoms with Gasteiger partial charge in [-0.05, 0) is 43.9 Å². The summed E-state index contributed by atoms with van der Waals surface area (Å²) in [5, 5.41) is 19.0. The summed E-state index contributed by atoms with van der Waals surface area (Å²) in [4.78, 5) is 21.3. The average Bonchev–Trinajstić information content (AvgIpc) is 2.68. The van der Waals surface area contributed by atoms with E-state index >= 15 is 0 Å². The molecule has 0 aromatic heterocycles. The van der Waals surface area contributed by atoms with Crippen LogP contribution in [0.5, 0.6) is 11.5 Å². The molecule has 0 saturated heterocycles. The van der Waals surface area contributed by atoms with Crippen LogP contribution in [0.25, 0.3) is 0 Å². The van der Waals surface area contributed by atoms with Crippen LogP contribution < -0.4 is 0 Å². The molecule has 0 fully saturated rings. The second-order valence-electron chi connectivity index (χ2n) is 4.95. The number of allylic oxidation sites excluding steroid dienone is 2. The molecular weight excluding hydrogens is 368 g/mol. The molecule has 6 heteroatoms. The number of carbonyl (C=O) groups is 2. The van der Waals surface area contributed by atoms with Crippen LogP contribution in [-0.4, -0.2) is 35.0 Å². The first-order valence-corrected chi connectivity index (χ1v) is 9.40.